The van der Waals surface area contributed by atoms with E-state index < -0.39 is 0 Å². The van der Waals surface area contributed by atoms with Crippen LogP contribution < -0.4 is 5.73 Å². The molecule has 0 unspecified atom stereocenters. The smallest absolute Gasteiger partial charge is 0.0106 e. The lowest BCUT2D eigenvalue weighted by atomic mass is 10.6. The third-order valence-corrected chi connectivity index (χ3v) is 0.526. The molecule has 0 bridgehead atoms. The van der Waals surface area contributed by atoms with Gasteiger partial charge in [0.05, 0.1) is 0 Å². The van der Waals surface area contributed by atoms with E-state index in [4.69, 9.17) is 5.73 Å². The fraction of sp³-hybridized carbons (Fsp3) is 0.429. The highest BCUT2D eigenvalue weighted by Gasteiger charge is 1.34. The summed E-state index contributed by atoms with van der Waals surface area (Å²) in [6.45, 7) is 5.88. The van der Waals surface area contributed by atoms with Crippen LogP contribution in [0.1, 0.15) is 20.8 Å². The van der Waals surface area contributed by atoms with E-state index in [0.29, 0.717) is 0 Å². The van der Waals surface area contributed by atoms with Gasteiger partial charge in [-0.2, -0.15) is 0 Å². The van der Waals surface area contributed by atoms with Gasteiger partial charge in [-0.1, -0.05) is 18.2 Å². The number of hydrogen-bond donors (Lipinski definition) is 1. The van der Waals surface area contributed by atoms with Gasteiger partial charge in [-0.15, -0.1) is 0 Å². The average molecular weight is 113 g/mol. The molecule has 0 saturated heterocycles. The van der Waals surface area contributed by atoms with Crippen molar-refractivity contribution in [1.29, 1.82) is 0 Å². The van der Waals surface area contributed by atoms with Crippen molar-refractivity contribution in [3.05, 3.63) is 24.4 Å². The van der Waals surface area contributed by atoms with Gasteiger partial charge in [0, 0.05) is 0 Å². The molecular weight excluding hydrogens is 98.1 g/mol. The first-order valence-electron chi connectivity index (χ1n) is 2.73. The van der Waals surface area contributed by atoms with Crippen LogP contribution in [-0.2, 0) is 0 Å². The second-order valence-corrected chi connectivity index (χ2v) is 1.19. The van der Waals surface area contributed by atoms with Crippen LogP contribution in [0.25, 0.3) is 0 Å². The molecule has 0 heterocycles. The second-order valence-electron chi connectivity index (χ2n) is 1.19. The standard InChI is InChI=1S/C4H8.C3H7N/c1-3-4-2;1-2-3-4/h3-4H,1-2H3;2-3H,4H2,1H3/b4-3+;3-2-. The summed E-state index contributed by atoms with van der Waals surface area (Å²) in [6.07, 6.45) is 7.28. The zero-order chi connectivity index (χ0) is 6.83. The Bertz CT molecular complexity index is 44.8. The molecule has 0 amide bonds. The zero-order valence-electron chi connectivity index (χ0n) is 5.89. The maximum atomic E-state index is 4.85. The zero-order valence-corrected chi connectivity index (χ0v) is 5.89. The molecule has 0 saturated carbocycles. The Hall–Kier alpha value is -0.720. The minimum atomic E-state index is 1.50. The van der Waals surface area contributed by atoms with Gasteiger partial charge in [-0.05, 0) is 27.0 Å². The van der Waals surface area contributed by atoms with Crippen LogP contribution in [0, 0.1) is 0 Å². The van der Waals surface area contributed by atoms with Gasteiger partial charge in [0.2, 0.25) is 0 Å². The third-order valence-electron chi connectivity index (χ3n) is 0.526. The molecular formula is C7H15N. The van der Waals surface area contributed by atoms with Crippen LogP contribution >= 0.6 is 0 Å². The van der Waals surface area contributed by atoms with Crippen molar-refractivity contribution in [1.82, 2.24) is 0 Å². The Morgan fingerprint density at radius 3 is 1.12 bits per heavy atom. The van der Waals surface area contributed by atoms with Gasteiger partial charge < -0.3 is 5.73 Å². The van der Waals surface area contributed by atoms with Crippen LogP contribution in [0.3, 0.4) is 0 Å². The largest absolute Gasteiger partial charge is 0.405 e. The number of rotatable bonds is 0. The normalized spacial score (nSPS) is 9.38. The molecule has 8 heavy (non-hydrogen) atoms. The Kier molecular flexibility index (Phi) is 20.9. The van der Waals surface area contributed by atoms with E-state index in [-0.39, 0.29) is 0 Å². The van der Waals surface area contributed by atoms with Crippen molar-refractivity contribution in [2.24, 2.45) is 5.73 Å². The Balaban J connectivity index is 0. The first-order valence-corrected chi connectivity index (χ1v) is 2.73. The van der Waals surface area contributed by atoms with Crippen molar-refractivity contribution >= 4 is 0 Å². The SMILES string of the molecule is C/C=C/C.C/C=C\N. The van der Waals surface area contributed by atoms with Gasteiger partial charge in [-0.25, -0.2) is 0 Å². The van der Waals surface area contributed by atoms with Gasteiger partial charge in [0.15, 0.2) is 0 Å². The van der Waals surface area contributed by atoms with E-state index in [1.807, 2.05) is 32.9 Å². The van der Waals surface area contributed by atoms with Crippen molar-refractivity contribution < 1.29 is 0 Å². The fourth-order valence-electron chi connectivity index (χ4n) is 0. The highest BCUT2D eigenvalue weighted by Crippen LogP contribution is 1.57. The summed E-state index contributed by atoms with van der Waals surface area (Å²) in [5.74, 6) is 0. The predicted octanol–water partition coefficient (Wildman–Crippen LogP) is 2.06. The van der Waals surface area contributed by atoms with Crippen LogP contribution in [0.2, 0.25) is 0 Å². The minimum absolute atomic E-state index is 1.50. The summed E-state index contributed by atoms with van der Waals surface area (Å²) >= 11 is 0. The predicted molar refractivity (Wildman–Crippen MR) is 39.5 cm³/mol. The summed E-state index contributed by atoms with van der Waals surface area (Å²) in [5.41, 5.74) is 4.85. The molecule has 1 heteroatoms. The maximum absolute atomic E-state index is 4.85. The fourth-order valence-corrected chi connectivity index (χ4v) is 0. The number of allylic oxidation sites excluding steroid dienone is 3. The summed E-state index contributed by atoms with van der Waals surface area (Å²) in [7, 11) is 0. The molecule has 2 N–H and O–H groups in total. The molecule has 0 aliphatic heterocycles. The highest BCUT2D eigenvalue weighted by atomic mass is 14.5. The van der Waals surface area contributed by atoms with E-state index in [9.17, 15) is 0 Å². The van der Waals surface area contributed by atoms with E-state index in [2.05, 4.69) is 0 Å². The molecule has 1 nitrogen and oxygen atoms in total. The molecule has 48 valence electrons. The van der Waals surface area contributed by atoms with Crippen molar-refractivity contribution in [2.45, 2.75) is 20.8 Å². The van der Waals surface area contributed by atoms with Crippen LogP contribution in [0.15, 0.2) is 24.4 Å². The quantitative estimate of drug-likeness (QED) is 0.478. The van der Waals surface area contributed by atoms with Crippen LogP contribution in [0.5, 0.6) is 0 Å². The van der Waals surface area contributed by atoms with Crippen molar-refractivity contribution in [2.75, 3.05) is 0 Å². The summed E-state index contributed by atoms with van der Waals surface area (Å²) in [5, 5.41) is 0. The van der Waals surface area contributed by atoms with Crippen molar-refractivity contribution in [3.63, 3.8) is 0 Å². The lowest BCUT2D eigenvalue weighted by molar-refractivity contribution is 1.55. The molecule has 0 aliphatic carbocycles. The molecule has 0 radical (unpaired) electrons. The van der Waals surface area contributed by atoms with Crippen LogP contribution in [0.4, 0.5) is 0 Å². The minimum Gasteiger partial charge on any atom is -0.405 e. The summed E-state index contributed by atoms with van der Waals surface area (Å²) < 4.78 is 0. The summed E-state index contributed by atoms with van der Waals surface area (Å²) in [6, 6.07) is 0. The number of nitrogens with two attached hydrogens (primary N) is 1. The Morgan fingerprint density at radius 1 is 0.875 bits per heavy atom. The van der Waals surface area contributed by atoms with E-state index in [1.54, 1.807) is 6.08 Å². The topological polar surface area (TPSA) is 26.0 Å². The van der Waals surface area contributed by atoms with Crippen LogP contribution in [-0.4, -0.2) is 0 Å². The van der Waals surface area contributed by atoms with E-state index in [1.165, 1.54) is 6.20 Å². The maximum Gasteiger partial charge on any atom is -0.0106 e. The Labute approximate surface area is 51.9 Å². The summed E-state index contributed by atoms with van der Waals surface area (Å²) in [4.78, 5) is 0. The molecule has 0 fully saturated rings. The molecule has 0 aromatic carbocycles. The molecule has 0 aromatic rings. The molecule has 0 rings (SSSR count). The lowest BCUT2D eigenvalue weighted by Gasteiger charge is -1.53. The van der Waals surface area contributed by atoms with Crippen molar-refractivity contribution in [3.8, 4) is 0 Å². The highest BCUT2D eigenvalue weighted by molar-refractivity contribution is 4.68. The number of hydrogen-bond acceptors (Lipinski definition) is 1. The van der Waals surface area contributed by atoms with E-state index >= 15 is 0 Å². The molecule has 0 atom stereocenters. The average Bonchev–Trinajstić information content (AvgIpc) is 1.88. The third kappa shape index (κ3) is 59.0. The molecule has 0 spiro atoms. The monoisotopic (exact) mass is 113 g/mol. The molecule has 0 aromatic heterocycles. The van der Waals surface area contributed by atoms with Gasteiger partial charge in [0.1, 0.15) is 0 Å². The molecule has 0 aliphatic rings. The van der Waals surface area contributed by atoms with Gasteiger partial charge in [0.25, 0.3) is 0 Å². The lowest BCUT2D eigenvalue weighted by Crippen LogP contribution is -1.70. The first kappa shape index (κ1) is 10.3. The van der Waals surface area contributed by atoms with E-state index in [0.717, 1.165) is 0 Å². The Morgan fingerprint density at radius 2 is 1.12 bits per heavy atom. The van der Waals surface area contributed by atoms with Gasteiger partial charge >= 0.3 is 0 Å². The van der Waals surface area contributed by atoms with Gasteiger partial charge in [-0.3, -0.25) is 0 Å². The second kappa shape index (κ2) is 16.3. The first-order chi connectivity index (χ1) is 3.83.